The SMILES string of the molecule is Cc1cc(Cl)cc(C2CCC(n3ccc4c(Cl)ncnc43)C2)c1. The third-order valence-electron chi connectivity index (χ3n) is 4.79. The lowest BCUT2D eigenvalue weighted by atomic mass is 9.96. The molecule has 0 amide bonds. The van der Waals surface area contributed by atoms with E-state index >= 15 is 0 Å². The van der Waals surface area contributed by atoms with Crippen molar-refractivity contribution in [1.82, 2.24) is 14.5 Å². The van der Waals surface area contributed by atoms with Crippen molar-refractivity contribution in [3.8, 4) is 0 Å². The highest BCUT2D eigenvalue weighted by molar-refractivity contribution is 6.33. The van der Waals surface area contributed by atoms with Crippen molar-refractivity contribution in [3.05, 3.63) is 58.1 Å². The van der Waals surface area contributed by atoms with E-state index in [0.29, 0.717) is 17.1 Å². The van der Waals surface area contributed by atoms with Gasteiger partial charge < -0.3 is 4.57 Å². The number of hydrogen-bond acceptors (Lipinski definition) is 2. The second-order valence-corrected chi connectivity index (χ2v) is 7.14. The molecule has 0 spiro atoms. The molecule has 0 radical (unpaired) electrons. The van der Waals surface area contributed by atoms with Crippen LogP contribution in [0.1, 0.15) is 42.3 Å². The second-order valence-electron chi connectivity index (χ2n) is 6.35. The summed E-state index contributed by atoms with van der Waals surface area (Å²) in [7, 11) is 0. The first-order chi connectivity index (χ1) is 11.1. The summed E-state index contributed by atoms with van der Waals surface area (Å²) in [6.07, 6.45) is 7.03. The molecule has 1 aliphatic rings. The number of halogens is 2. The van der Waals surface area contributed by atoms with Gasteiger partial charge in [0, 0.05) is 17.3 Å². The molecule has 1 fully saturated rings. The zero-order chi connectivity index (χ0) is 16.0. The van der Waals surface area contributed by atoms with Gasteiger partial charge in [-0.1, -0.05) is 29.3 Å². The van der Waals surface area contributed by atoms with Gasteiger partial charge in [-0.25, -0.2) is 9.97 Å². The van der Waals surface area contributed by atoms with Crippen LogP contribution in [0.3, 0.4) is 0 Å². The van der Waals surface area contributed by atoms with Crippen molar-refractivity contribution in [2.24, 2.45) is 0 Å². The van der Waals surface area contributed by atoms with E-state index in [0.717, 1.165) is 28.9 Å². The van der Waals surface area contributed by atoms with E-state index in [4.69, 9.17) is 23.2 Å². The summed E-state index contributed by atoms with van der Waals surface area (Å²) >= 11 is 12.4. The van der Waals surface area contributed by atoms with Crippen LogP contribution in [0.25, 0.3) is 11.0 Å². The average Bonchev–Trinajstić information content (AvgIpc) is 3.13. The first kappa shape index (κ1) is 15.0. The predicted molar refractivity (Wildman–Crippen MR) is 94.4 cm³/mol. The number of aromatic nitrogens is 3. The van der Waals surface area contributed by atoms with Crippen molar-refractivity contribution in [1.29, 1.82) is 0 Å². The van der Waals surface area contributed by atoms with Crippen LogP contribution in [-0.2, 0) is 0 Å². The molecular weight excluding hydrogens is 329 g/mol. The Balaban J connectivity index is 1.63. The quantitative estimate of drug-likeness (QED) is 0.569. The van der Waals surface area contributed by atoms with Crippen LogP contribution in [-0.4, -0.2) is 14.5 Å². The van der Waals surface area contributed by atoms with Gasteiger partial charge in [0.25, 0.3) is 0 Å². The fourth-order valence-corrected chi connectivity index (χ4v) is 4.24. The Morgan fingerprint density at radius 3 is 2.83 bits per heavy atom. The molecule has 1 aliphatic carbocycles. The van der Waals surface area contributed by atoms with Gasteiger partial charge in [0.1, 0.15) is 17.1 Å². The van der Waals surface area contributed by atoms with Gasteiger partial charge >= 0.3 is 0 Å². The molecule has 3 nitrogen and oxygen atoms in total. The van der Waals surface area contributed by atoms with Crippen molar-refractivity contribution < 1.29 is 0 Å². The maximum atomic E-state index is 6.22. The summed E-state index contributed by atoms with van der Waals surface area (Å²) in [6, 6.07) is 8.83. The third-order valence-corrected chi connectivity index (χ3v) is 5.31. The maximum absolute atomic E-state index is 6.22. The van der Waals surface area contributed by atoms with Crippen molar-refractivity contribution in [2.75, 3.05) is 0 Å². The molecule has 2 unspecified atom stereocenters. The maximum Gasteiger partial charge on any atom is 0.145 e. The minimum atomic E-state index is 0.447. The molecule has 2 aromatic heterocycles. The van der Waals surface area contributed by atoms with E-state index in [9.17, 15) is 0 Å². The number of hydrogen-bond donors (Lipinski definition) is 0. The van der Waals surface area contributed by atoms with E-state index < -0.39 is 0 Å². The van der Waals surface area contributed by atoms with Crippen molar-refractivity contribution >= 4 is 34.2 Å². The topological polar surface area (TPSA) is 30.7 Å². The van der Waals surface area contributed by atoms with Gasteiger partial charge in [-0.05, 0) is 61.4 Å². The average molecular weight is 346 g/mol. The van der Waals surface area contributed by atoms with Gasteiger partial charge in [0.2, 0.25) is 0 Å². The summed E-state index contributed by atoms with van der Waals surface area (Å²) in [5, 5.41) is 2.28. The monoisotopic (exact) mass is 345 g/mol. The van der Waals surface area contributed by atoms with E-state index in [-0.39, 0.29) is 0 Å². The summed E-state index contributed by atoms with van der Waals surface area (Å²) < 4.78 is 2.25. The van der Waals surface area contributed by atoms with Crippen LogP contribution >= 0.6 is 23.2 Å². The Kier molecular flexibility index (Phi) is 3.78. The van der Waals surface area contributed by atoms with Crippen LogP contribution in [0.15, 0.2) is 36.8 Å². The largest absolute Gasteiger partial charge is 0.329 e. The Morgan fingerprint density at radius 1 is 1.13 bits per heavy atom. The number of fused-ring (bicyclic) bond motifs is 1. The van der Waals surface area contributed by atoms with E-state index in [1.807, 2.05) is 12.1 Å². The highest BCUT2D eigenvalue weighted by atomic mass is 35.5. The van der Waals surface area contributed by atoms with Crippen LogP contribution < -0.4 is 0 Å². The summed E-state index contributed by atoms with van der Waals surface area (Å²) in [5.41, 5.74) is 3.50. The second kappa shape index (κ2) is 5.81. The fraction of sp³-hybridized carbons (Fsp3) is 0.333. The first-order valence-corrected chi connectivity index (χ1v) is 8.61. The smallest absolute Gasteiger partial charge is 0.145 e. The van der Waals surface area contributed by atoms with E-state index in [1.165, 1.54) is 23.9 Å². The summed E-state index contributed by atoms with van der Waals surface area (Å²) in [5.74, 6) is 0.548. The minimum Gasteiger partial charge on any atom is -0.329 e. The van der Waals surface area contributed by atoms with Crippen LogP contribution in [0.4, 0.5) is 0 Å². The van der Waals surface area contributed by atoms with Crippen LogP contribution in [0, 0.1) is 6.92 Å². The zero-order valence-corrected chi connectivity index (χ0v) is 14.3. The fourth-order valence-electron chi connectivity index (χ4n) is 3.75. The predicted octanol–water partition coefficient (Wildman–Crippen LogP) is 5.56. The lowest BCUT2D eigenvalue weighted by Gasteiger charge is -2.15. The van der Waals surface area contributed by atoms with Crippen LogP contribution in [0.5, 0.6) is 0 Å². The number of aryl methyl sites for hydroxylation is 1. The third kappa shape index (κ3) is 2.73. The van der Waals surface area contributed by atoms with Gasteiger partial charge in [-0.15, -0.1) is 0 Å². The molecule has 118 valence electrons. The zero-order valence-electron chi connectivity index (χ0n) is 12.8. The van der Waals surface area contributed by atoms with E-state index in [2.05, 4.69) is 39.8 Å². The van der Waals surface area contributed by atoms with Crippen molar-refractivity contribution in [2.45, 2.75) is 38.1 Å². The molecule has 0 aliphatic heterocycles. The summed E-state index contributed by atoms with van der Waals surface area (Å²) in [4.78, 5) is 8.47. The lowest BCUT2D eigenvalue weighted by molar-refractivity contribution is 0.523. The highest BCUT2D eigenvalue weighted by Crippen LogP contribution is 2.43. The molecule has 1 aromatic carbocycles. The summed E-state index contributed by atoms with van der Waals surface area (Å²) in [6.45, 7) is 2.10. The lowest BCUT2D eigenvalue weighted by Crippen LogP contribution is -2.05. The molecule has 4 rings (SSSR count). The van der Waals surface area contributed by atoms with Gasteiger partial charge in [-0.2, -0.15) is 0 Å². The first-order valence-electron chi connectivity index (χ1n) is 7.86. The van der Waals surface area contributed by atoms with Gasteiger partial charge in [0.05, 0.1) is 5.39 Å². The highest BCUT2D eigenvalue weighted by Gasteiger charge is 2.28. The molecule has 23 heavy (non-hydrogen) atoms. The van der Waals surface area contributed by atoms with Crippen LogP contribution in [0.2, 0.25) is 10.2 Å². The molecule has 5 heteroatoms. The van der Waals surface area contributed by atoms with Gasteiger partial charge in [0.15, 0.2) is 0 Å². The Labute approximate surface area is 145 Å². The van der Waals surface area contributed by atoms with E-state index in [1.54, 1.807) is 0 Å². The number of nitrogens with zero attached hydrogens (tertiary/aromatic N) is 3. The molecule has 0 saturated heterocycles. The minimum absolute atomic E-state index is 0.447. The Morgan fingerprint density at radius 2 is 2.00 bits per heavy atom. The molecular formula is C18H17Cl2N3. The van der Waals surface area contributed by atoms with Crippen molar-refractivity contribution in [3.63, 3.8) is 0 Å². The Hall–Kier alpha value is -1.58. The van der Waals surface area contributed by atoms with Gasteiger partial charge in [-0.3, -0.25) is 0 Å². The number of benzene rings is 1. The molecule has 2 atom stereocenters. The normalized spacial score (nSPS) is 21.2. The Bertz CT molecular complexity index is 852. The molecule has 1 saturated carbocycles. The number of rotatable bonds is 2. The standard InChI is InChI=1S/C18H17Cl2N3/c1-11-6-13(8-14(19)7-11)12-2-3-15(9-12)23-5-4-16-17(20)21-10-22-18(16)23/h4-8,10,12,15H,2-3,9H2,1H3. The molecule has 0 N–H and O–H groups in total. The molecule has 0 bridgehead atoms. The molecule has 3 aromatic rings. The molecule has 2 heterocycles.